The molecule has 0 saturated carbocycles. The first-order valence-corrected chi connectivity index (χ1v) is 12.5. The summed E-state index contributed by atoms with van der Waals surface area (Å²) in [4.78, 5) is 31.8. The average Bonchev–Trinajstić information content (AvgIpc) is 3.20. The number of methoxy groups -OCH3 is 1. The number of nitrogens with zero attached hydrogens (tertiary/aromatic N) is 2. The van der Waals surface area contributed by atoms with Crippen molar-refractivity contribution in [1.82, 2.24) is 4.90 Å². The lowest BCUT2D eigenvalue weighted by Crippen LogP contribution is -2.23. The van der Waals surface area contributed by atoms with Gasteiger partial charge in [-0.15, -0.1) is 0 Å². The Morgan fingerprint density at radius 2 is 1.76 bits per heavy atom. The molecule has 184 valence electrons. The third-order valence-corrected chi connectivity index (χ3v) is 7.00. The molecule has 4 aromatic rings. The summed E-state index contributed by atoms with van der Waals surface area (Å²) in [7, 11) is 3.03. The predicted octanol–water partition coefficient (Wildman–Crippen LogP) is 6.44. The fraction of sp³-hybridized carbons (Fsp3) is 0.100. The van der Waals surface area contributed by atoms with Crippen molar-refractivity contribution in [2.24, 2.45) is 4.99 Å². The van der Waals surface area contributed by atoms with Crippen LogP contribution in [0.5, 0.6) is 5.75 Å². The number of amidine groups is 1. The fourth-order valence-corrected chi connectivity index (χ4v) is 4.97. The molecule has 0 bridgehead atoms. The second-order valence-corrected chi connectivity index (χ2v) is 9.39. The second-order valence-electron chi connectivity index (χ2n) is 8.38. The SMILES string of the molecule is COC(=O)c1cccc(N=C2SC(=Cc3c(OCc4ccccc4)ccc4ccccc34)C(=O)N2C)c1. The van der Waals surface area contributed by atoms with Crippen LogP contribution >= 0.6 is 11.8 Å². The standard InChI is InChI=1S/C30H24N2O4S/c1-32-28(33)27(37-30(32)31-23-13-8-12-22(17-23)29(34)35-2)18-25-24-14-7-6-11-21(24)15-16-26(25)36-19-20-9-4-3-5-10-20/h3-18H,19H2,1-2H3. The van der Waals surface area contributed by atoms with Gasteiger partial charge >= 0.3 is 5.97 Å². The maximum Gasteiger partial charge on any atom is 0.337 e. The van der Waals surface area contributed by atoms with Crippen molar-refractivity contribution in [3.05, 3.63) is 113 Å². The Morgan fingerprint density at radius 3 is 2.57 bits per heavy atom. The zero-order valence-electron chi connectivity index (χ0n) is 20.4. The van der Waals surface area contributed by atoms with Crippen molar-refractivity contribution in [3.63, 3.8) is 0 Å². The van der Waals surface area contributed by atoms with Gasteiger partial charge in [0.1, 0.15) is 12.4 Å². The number of ether oxygens (including phenoxy) is 2. The number of benzene rings is 4. The molecule has 1 amide bonds. The molecule has 37 heavy (non-hydrogen) atoms. The zero-order valence-corrected chi connectivity index (χ0v) is 21.2. The maximum absolute atomic E-state index is 13.2. The van der Waals surface area contributed by atoms with Gasteiger partial charge in [-0.25, -0.2) is 9.79 Å². The molecule has 0 radical (unpaired) electrons. The van der Waals surface area contributed by atoms with Gasteiger partial charge in [-0.3, -0.25) is 9.69 Å². The van der Waals surface area contributed by atoms with Crippen LogP contribution in [0.3, 0.4) is 0 Å². The Bertz CT molecular complexity index is 1550. The van der Waals surface area contributed by atoms with Gasteiger partial charge in [0.2, 0.25) is 0 Å². The largest absolute Gasteiger partial charge is 0.488 e. The highest BCUT2D eigenvalue weighted by Gasteiger charge is 2.31. The van der Waals surface area contributed by atoms with E-state index in [2.05, 4.69) is 4.99 Å². The van der Waals surface area contributed by atoms with Gasteiger partial charge < -0.3 is 9.47 Å². The summed E-state index contributed by atoms with van der Waals surface area (Å²) < 4.78 is 11.0. The summed E-state index contributed by atoms with van der Waals surface area (Å²) in [5.41, 5.74) is 2.85. The number of thioether (sulfide) groups is 1. The highest BCUT2D eigenvalue weighted by molar-refractivity contribution is 8.18. The number of esters is 1. The molecule has 5 rings (SSSR count). The van der Waals surface area contributed by atoms with Crippen LogP contribution in [-0.4, -0.2) is 36.1 Å². The van der Waals surface area contributed by atoms with E-state index in [1.807, 2.05) is 72.8 Å². The summed E-state index contributed by atoms with van der Waals surface area (Å²) in [6.07, 6.45) is 1.87. The number of fused-ring (bicyclic) bond motifs is 1. The molecule has 0 atom stereocenters. The first-order chi connectivity index (χ1) is 18.0. The molecular formula is C30H24N2O4S. The highest BCUT2D eigenvalue weighted by atomic mass is 32.2. The molecule has 1 saturated heterocycles. The molecule has 0 aliphatic carbocycles. The number of hydrogen-bond donors (Lipinski definition) is 0. The monoisotopic (exact) mass is 508 g/mol. The molecule has 7 heteroatoms. The Balaban J connectivity index is 1.50. The summed E-state index contributed by atoms with van der Waals surface area (Å²) >= 11 is 1.28. The van der Waals surface area contributed by atoms with E-state index in [0.29, 0.717) is 33.7 Å². The van der Waals surface area contributed by atoms with Crippen LogP contribution in [0.15, 0.2) is 101 Å². The van der Waals surface area contributed by atoms with Crippen LogP contribution in [-0.2, 0) is 16.1 Å². The second kappa shape index (κ2) is 10.7. The van der Waals surface area contributed by atoms with Gasteiger partial charge in [-0.05, 0) is 58.4 Å². The summed E-state index contributed by atoms with van der Waals surface area (Å²) in [6.45, 7) is 0.416. The molecule has 0 unspecified atom stereocenters. The van der Waals surface area contributed by atoms with Gasteiger partial charge in [-0.2, -0.15) is 0 Å². The van der Waals surface area contributed by atoms with E-state index >= 15 is 0 Å². The number of likely N-dealkylation sites (N-methyl/N-ethyl adjacent to an activating group) is 1. The Hall–Kier alpha value is -4.36. The predicted molar refractivity (Wildman–Crippen MR) is 148 cm³/mol. The Labute approximate surface area is 219 Å². The normalized spacial score (nSPS) is 15.5. The Kier molecular flexibility index (Phi) is 7.05. The van der Waals surface area contributed by atoms with Gasteiger partial charge in [0.15, 0.2) is 5.17 Å². The zero-order chi connectivity index (χ0) is 25.8. The van der Waals surface area contributed by atoms with Gasteiger partial charge in [-0.1, -0.05) is 66.7 Å². The van der Waals surface area contributed by atoms with Crippen molar-refractivity contribution in [2.45, 2.75) is 6.61 Å². The molecule has 4 aromatic carbocycles. The summed E-state index contributed by atoms with van der Waals surface area (Å²) in [5.74, 6) is 0.0993. The minimum atomic E-state index is -0.440. The highest BCUT2D eigenvalue weighted by Crippen LogP contribution is 2.37. The van der Waals surface area contributed by atoms with Crippen LogP contribution < -0.4 is 4.74 Å². The van der Waals surface area contributed by atoms with Crippen molar-refractivity contribution in [3.8, 4) is 5.75 Å². The molecule has 0 spiro atoms. The lowest BCUT2D eigenvalue weighted by molar-refractivity contribution is -0.121. The summed E-state index contributed by atoms with van der Waals surface area (Å²) in [6, 6.07) is 28.8. The molecule has 6 nitrogen and oxygen atoms in total. The van der Waals surface area contributed by atoms with Crippen LogP contribution in [0.1, 0.15) is 21.5 Å². The van der Waals surface area contributed by atoms with Crippen molar-refractivity contribution in [2.75, 3.05) is 14.2 Å². The number of amides is 1. The molecule has 0 aromatic heterocycles. The molecule has 1 fully saturated rings. The lowest BCUT2D eigenvalue weighted by atomic mass is 10.0. The van der Waals surface area contributed by atoms with Gasteiger partial charge in [0.25, 0.3) is 5.91 Å². The third-order valence-electron chi connectivity index (χ3n) is 5.94. The average molecular weight is 509 g/mol. The van der Waals surface area contributed by atoms with Crippen LogP contribution in [0.4, 0.5) is 5.69 Å². The van der Waals surface area contributed by atoms with Crippen LogP contribution in [0.2, 0.25) is 0 Å². The van der Waals surface area contributed by atoms with Crippen molar-refractivity contribution in [1.29, 1.82) is 0 Å². The van der Waals surface area contributed by atoms with E-state index < -0.39 is 5.97 Å². The fourth-order valence-electron chi connectivity index (χ4n) is 4.00. The first-order valence-electron chi connectivity index (χ1n) is 11.7. The van der Waals surface area contributed by atoms with Crippen molar-refractivity contribution < 1.29 is 19.1 Å². The molecule has 1 aliphatic heterocycles. The van der Waals surface area contributed by atoms with E-state index in [9.17, 15) is 9.59 Å². The number of rotatable bonds is 6. The number of carbonyl (C=O) groups excluding carboxylic acids is 2. The smallest absolute Gasteiger partial charge is 0.337 e. The Morgan fingerprint density at radius 1 is 0.973 bits per heavy atom. The molecule has 1 heterocycles. The minimum absolute atomic E-state index is 0.158. The van der Waals surface area contributed by atoms with Crippen molar-refractivity contribution >= 4 is 51.3 Å². The number of carbonyl (C=O) groups is 2. The van der Waals surface area contributed by atoms with Crippen LogP contribution in [0, 0.1) is 0 Å². The summed E-state index contributed by atoms with van der Waals surface area (Å²) in [5, 5.41) is 2.57. The molecular weight excluding hydrogens is 484 g/mol. The van der Waals surface area contributed by atoms with Gasteiger partial charge in [0.05, 0.1) is 23.3 Å². The van der Waals surface area contributed by atoms with Crippen LogP contribution in [0.25, 0.3) is 16.8 Å². The van der Waals surface area contributed by atoms with E-state index in [1.54, 1.807) is 31.3 Å². The van der Waals surface area contributed by atoms with Gasteiger partial charge in [0, 0.05) is 12.6 Å². The number of aliphatic imine (C=N–C) groups is 1. The first kappa shape index (κ1) is 24.3. The van der Waals surface area contributed by atoms with E-state index in [0.717, 1.165) is 21.9 Å². The van der Waals surface area contributed by atoms with E-state index in [-0.39, 0.29) is 5.91 Å². The maximum atomic E-state index is 13.2. The third kappa shape index (κ3) is 5.27. The molecule has 1 aliphatic rings. The minimum Gasteiger partial charge on any atom is -0.488 e. The quantitative estimate of drug-likeness (QED) is 0.221. The lowest BCUT2D eigenvalue weighted by Gasteiger charge is -2.13. The topological polar surface area (TPSA) is 68.2 Å². The number of hydrogen-bond acceptors (Lipinski definition) is 6. The molecule has 0 N–H and O–H groups in total. The van der Waals surface area contributed by atoms with E-state index in [4.69, 9.17) is 9.47 Å². The van der Waals surface area contributed by atoms with E-state index in [1.165, 1.54) is 23.8 Å².